The van der Waals surface area contributed by atoms with Crippen molar-refractivity contribution in [3.05, 3.63) is 59.7 Å². The zero-order chi connectivity index (χ0) is 23.5. The van der Waals surface area contributed by atoms with Crippen molar-refractivity contribution in [2.75, 3.05) is 26.2 Å². The van der Waals surface area contributed by atoms with Crippen molar-refractivity contribution in [1.82, 2.24) is 9.21 Å². The molecule has 11 heteroatoms. The molecule has 0 spiro atoms. The van der Waals surface area contributed by atoms with Gasteiger partial charge in [0.05, 0.1) is 16.0 Å². The van der Waals surface area contributed by atoms with Gasteiger partial charge in [0.2, 0.25) is 10.0 Å². The van der Waals surface area contributed by atoms with Crippen LogP contribution in [0.2, 0.25) is 0 Å². The largest absolute Gasteiger partial charge is 0.480 e. The Morgan fingerprint density at radius 2 is 1.75 bits per heavy atom. The summed E-state index contributed by atoms with van der Waals surface area (Å²) in [7, 11) is -4.14. The Hall–Kier alpha value is -3.10. The molecule has 1 amide bonds. The van der Waals surface area contributed by atoms with Crippen LogP contribution in [0.3, 0.4) is 0 Å². The fraction of sp³-hybridized carbons (Fsp3) is 0.333. The van der Waals surface area contributed by atoms with Crippen LogP contribution in [-0.2, 0) is 21.0 Å². The van der Waals surface area contributed by atoms with Crippen molar-refractivity contribution in [3.8, 4) is 11.8 Å². The minimum Gasteiger partial charge on any atom is -0.480 e. The van der Waals surface area contributed by atoms with E-state index in [1.807, 2.05) is 6.07 Å². The zero-order valence-electron chi connectivity index (χ0n) is 17.0. The number of benzene rings is 2. The maximum atomic E-state index is 12.9. The number of carbonyl (C=O) groups excluding carboxylic acids is 1. The lowest BCUT2D eigenvalue weighted by atomic mass is 10.2. The second kappa shape index (κ2) is 9.18. The molecule has 0 N–H and O–H groups in total. The highest BCUT2D eigenvalue weighted by atomic mass is 32.2. The molecule has 2 aromatic rings. The third kappa shape index (κ3) is 5.03. The molecular weight excluding hydrogens is 447 g/mol. The standard InChI is InChI=1S/C21H20F3N3O4S/c1-15(31-19-8-3-2-5-16(19)14-25)20(28)26-9-11-27(12-10-26)32(29,30)18-7-4-6-17(13-18)21(22,23)24/h2-8,13,15H,9-12H2,1H3. The van der Waals surface area contributed by atoms with Crippen LogP contribution in [0.4, 0.5) is 13.2 Å². The van der Waals surface area contributed by atoms with Gasteiger partial charge in [0.15, 0.2) is 6.10 Å². The van der Waals surface area contributed by atoms with Crippen LogP contribution in [0, 0.1) is 11.3 Å². The Bertz CT molecular complexity index is 1140. The molecule has 1 atom stereocenters. The fourth-order valence-electron chi connectivity index (χ4n) is 3.29. The summed E-state index contributed by atoms with van der Waals surface area (Å²) in [5, 5.41) is 9.13. The molecule has 0 aromatic heterocycles. The van der Waals surface area contributed by atoms with E-state index >= 15 is 0 Å². The summed E-state index contributed by atoms with van der Waals surface area (Å²) in [6.07, 6.45) is -5.56. The van der Waals surface area contributed by atoms with Crippen LogP contribution in [0.5, 0.6) is 5.75 Å². The predicted octanol–water partition coefficient (Wildman–Crippen LogP) is 2.88. The molecule has 32 heavy (non-hydrogen) atoms. The van der Waals surface area contributed by atoms with Crippen molar-refractivity contribution >= 4 is 15.9 Å². The van der Waals surface area contributed by atoms with E-state index in [0.29, 0.717) is 6.07 Å². The fourth-order valence-corrected chi connectivity index (χ4v) is 4.76. The highest BCUT2D eigenvalue weighted by Crippen LogP contribution is 2.31. The van der Waals surface area contributed by atoms with Crippen LogP contribution >= 0.6 is 0 Å². The Kier molecular flexibility index (Phi) is 6.76. The molecule has 1 saturated heterocycles. The molecule has 1 aliphatic heterocycles. The van der Waals surface area contributed by atoms with E-state index in [-0.39, 0.29) is 43.4 Å². The number of nitriles is 1. The third-order valence-corrected chi connectivity index (χ3v) is 6.90. The molecule has 1 heterocycles. The highest BCUT2D eigenvalue weighted by Gasteiger charge is 2.35. The maximum absolute atomic E-state index is 12.9. The zero-order valence-corrected chi connectivity index (χ0v) is 17.9. The highest BCUT2D eigenvalue weighted by molar-refractivity contribution is 7.89. The topological polar surface area (TPSA) is 90.7 Å². The van der Waals surface area contributed by atoms with Crippen molar-refractivity contribution in [3.63, 3.8) is 0 Å². The van der Waals surface area contributed by atoms with Gasteiger partial charge in [0.1, 0.15) is 11.8 Å². The Morgan fingerprint density at radius 3 is 2.38 bits per heavy atom. The van der Waals surface area contributed by atoms with Gasteiger partial charge < -0.3 is 9.64 Å². The molecular formula is C21H20F3N3O4S. The summed E-state index contributed by atoms with van der Waals surface area (Å²) < 4.78 is 71.0. The predicted molar refractivity (Wildman–Crippen MR) is 108 cm³/mol. The average Bonchev–Trinajstić information content (AvgIpc) is 2.78. The summed E-state index contributed by atoms with van der Waals surface area (Å²) in [5.74, 6) is -0.115. The van der Waals surface area contributed by atoms with Crippen LogP contribution in [0.1, 0.15) is 18.1 Å². The normalized spacial score (nSPS) is 16.3. The monoisotopic (exact) mass is 467 g/mol. The Balaban J connectivity index is 1.65. The number of para-hydroxylation sites is 1. The number of rotatable bonds is 5. The molecule has 1 aliphatic rings. The second-order valence-corrected chi connectivity index (χ2v) is 9.06. The average molecular weight is 467 g/mol. The SMILES string of the molecule is CC(Oc1ccccc1C#N)C(=O)N1CCN(S(=O)(=O)c2cccc(C(F)(F)F)c2)CC1. The minimum absolute atomic E-state index is 0.0601. The molecule has 7 nitrogen and oxygen atoms in total. The first-order chi connectivity index (χ1) is 15.0. The van der Waals surface area contributed by atoms with E-state index in [1.54, 1.807) is 24.3 Å². The lowest BCUT2D eigenvalue weighted by molar-refractivity contribution is -0.139. The van der Waals surface area contributed by atoms with Crippen LogP contribution in [-0.4, -0.2) is 55.8 Å². The van der Waals surface area contributed by atoms with Gasteiger partial charge in [-0.1, -0.05) is 18.2 Å². The van der Waals surface area contributed by atoms with E-state index < -0.39 is 32.8 Å². The van der Waals surface area contributed by atoms with Crippen LogP contribution in [0.15, 0.2) is 53.4 Å². The van der Waals surface area contributed by atoms with Crippen LogP contribution in [0.25, 0.3) is 0 Å². The molecule has 0 saturated carbocycles. The number of alkyl halides is 3. The lowest BCUT2D eigenvalue weighted by Crippen LogP contribution is -2.53. The second-order valence-electron chi connectivity index (χ2n) is 7.12. The van der Waals surface area contributed by atoms with Gasteiger partial charge in [-0.3, -0.25) is 4.79 Å². The summed E-state index contributed by atoms with van der Waals surface area (Å²) >= 11 is 0. The summed E-state index contributed by atoms with van der Waals surface area (Å²) in [6.45, 7) is 1.52. The number of carbonyl (C=O) groups is 1. The number of piperazine rings is 1. The number of hydrogen-bond donors (Lipinski definition) is 0. The van der Waals surface area contributed by atoms with Gasteiger partial charge in [-0.05, 0) is 37.3 Å². The van der Waals surface area contributed by atoms with Gasteiger partial charge in [0, 0.05) is 26.2 Å². The molecule has 0 bridgehead atoms. The molecule has 2 aromatic carbocycles. The molecule has 0 radical (unpaired) electrons. The van der Waals surface area contributed by atoms with Gasteiger partial charge in [0.25, 0.3) is 5.91 Å². The van der Waals surface area contributed by atoms with Crippen molar-refractivity contribution in [1.29, 1.82) is 5.26 Å². The molecule has 3 rings (SSSR count). The van der Waals surface area contributed by atoms with E-state index in [4.69, 9.17) is 10.00 Å². The number of ether oxygens (including phenoxy) is 1. The minimum atomic E-state index is -4.66. The van der Waals surface area contributed by atoms with Gasteiger partial charge in [-0.25, -0.2) is 8.42 Å². The van der Waals surface area contributed by atoms with Gasteiger partial charge >= 0.3 is 6.18 Å². The maximum Gasteiger partial charge on any atom is 0.416 e. The number of hydrogen-bond acceptors (Lipinski definition) is 5. The molecule has 170 valence electrons. The third-order valence-electron chi connectivity index (χ3n) is 5.01. The summed E-state index contributed by atoms with van der Waals surface area (Å²) in [5.41, 5.74) is -0.764. The molecule has 1 unspecified atom stereocenters. The first-order valence-electron chi connectivity index (χ1n) is 9.66. The van der Waals surface area contributed by atoms with E-state index in [0.717, 1.165) is 22.5 Å². The smallest absolute Gasteiger partial charge is 0.416 e. The number of amides is 1. The van der Waals surface area contributed by atoms with Gasteiger partial charge in [-0.2, -0.15) is 22.7 Å². The quantitative estimate of drug-likeness (QED) is 0.675. The molecule has 0 aliphatic carbocycles. The van der Waals surface area contributed by atoms with E-state index in [1.165, 1.54) is 11.8 Å². The van der Waals surface area contributed by atoms with E-state index in [9.17, 15) is 26.4 Å². The Labute approximate surface area is 183 Å². The molecule has 1 fully saturated rings. The Morgan fingerprint density at radius 1 is 1.09 bits per heavy atom. The summed E-state index contributed by atoms with van der Waals surface area (Å²) in [4.78, 5) is 13.7. The lowest BCUT2D eigenvalue weighted by Gasteiger charge is -2.35. The van der Waals surface area contributed by atoms with Crippen molar-refractivity contribution < 1.29 is 31.1 Å². The summed E-state index contributed by atoms with van der Waals surface area (Å²) in [6, 6.07) is 12.0. The van der Waals surface area contributed by atoms with Crippen LogP contribution < -0.4 is 4.74 Å². The van der Waals surface area contributed by atoms with Crippen molar-refractivity contribution in [2.24, 2.45) is 0 Å². The first-order valence-corrected chi connectivity index (χ1v) is 11.1. The number of sulfonamides is 1. The number of nitrogens with zero attached hydrogens (tertiary/aromatic N) is 3. The van der Waals surface area contributed by atoms with Gasteiger partial charge in [-0.15, -0.1) is 0 Å². The van der Waals surface area contributed by atoms with Crippen molar-refractivity contribution in [2.45, 2.75) is 24.1 Å². The van der Waals surface area contributed by atoms with E-state index in [2.05, 4.69) is 0 Å². The number of halogens is 3. The first kappa shape index (κ1) is 23.6.